The molecular weight excluding hydrogens is 338 g/mol. The molecule has 0 aromatic heterocycles. The molecule has 1 aromatic rings. The van der Waals surface area contributed by atoms with E-state index in [4.69, 9.17) is 9.47 Å². The van der Waals surface area contributed by atoms with E-state index in [9.17, 15) is 0 Å². The first-order valence-electron chi connectivity index (χ1n) is 8.57. The SMILES string of the molecule is COc1ccc(C23CCN(C)C2=CC2(CC3)SCCS2)cc1OC. The molecule has 5 heteroatoms. The highest BCUT2D eigenvalue weighted by Crippen LogP contribution is 2.59. The van der Waals surface area contributed by atoms with Crippen LogP contribution in [0.5, 0.6) is 11.5 Å². The number of nitrogens with zero attached hydrogens (tertiary/aromatic N) is 1. The fourth-order valence-corrected chi connectivity index (χ4v) is 7.48. The first kappa shape index (κ1) is 16.5. The lowest BCUT2D eigenvalue weighted by Gasteiger charge is -2.41. The zero-order valence-corrected chi connectivity index (χ0v) is 16.3. The van der Waals surface area contributed by atoms with Crippen LogP contribution in [-0.2, 0) is 5.41 Å². The van der Waals surface area contributed by atoms with Crippen LogP contribution < -0.4 is 9.47 Å². The molecule has 24 heavy (non-hydrogen) atoms. The average molecular weight is 364 g/mol. The molecular formula is C19H25NO2S2. The summed E-state index contributed by atoms with van der Waals surface area (Å²) in [5, 5.41) is 0. The number of fused-ring (bicyclic) bond motifs is 1. The summed E-state index contributed by atoms with van der Waals surface area (Å²) in [7, 11) is 5.67. The third-order valence-electron chi connectivity index (χ3n) is 5.74. The number of thioether (sulfide) groups is 2. The van der Waals surface area contributed by atoms with Gasteiger partial charge in [0.1, 0.15) is 0 Å². The molecule has 2 saturated heterocycles. The second-order valence-corrected chi connectivity index (χ2v) is 9.97. The molecule has 0 amide bonds. The fraction of sp³-hybridized carbons (Fsp3) is 0.579. The minimum absolute atomic E-state index is 0.142. The molecule has 2 fully saturated rings. The summed E-state index contributed by atoms with van der Waals surface area (Å²) in [6, 6.07) is 6.49. The van der Waals surface area contributed by atoms with Gasteiger partial charge in [0, 0.05) is 36.2 Å². The number of hydrogen-bond donors (Lipinski definition) is 0. The van der Waals surface area contributed by atoms with Gasteiger partial charge in [0.15, 0.2) is 11.5 Å². The summed E-state index contributed by atoms with van der Waals surface area (Å²) in [6.07, 6.45) is 6.26. The van der Waals surface area contributed by atoms with Gasteiger partial charge in [-0.3, -0.25) is 0 Å². The van der Waals surface area contributed by atoms with Crippen molar-refractivity contribution < 1.29 is 9.47 Å². The molecule has 0 radical (unpaired) electrons. The molecule has 130 valence electrons. The second kappa shape index (κ2) is 6.10. The first-order valence-corrected chi connectivity index (χ1v) is 10.5. The van der Waals surface area contributed by atoms with Gasteiger partial charge in [-0.15, -0.1) is 23.5 Å². The van der Waals surface area contributed by atoms with E-state index in [-0.39, 0.29) is 5.41 Å². The van der Waals surface area contributed by atoms with Crippen molar-refractivity contribution in [1.29, 1.82) is 0 Å². The number of likely N-dealkylation sites (N-methyl/N-ethyl adjacent to an activating group) is 1. The Morgan fingerprint density at radius 3 is 2.46 bits per heavy atom. The topological polar surface area (TPSA) is 21.7 Å². The summed E-state index contributed by atoms with van der Waals surface area (Å²) < 4.78 is 11.3. The van der Waals surface area contributed by atoms with Gasteiger partial charge >= 0.3 is 0 Å². The Labute approximate surface area is 153 Å². The lowest BCUT2D eigenvalue weighted by Crippen LogP contribution is -2.36. The van der Waals surface area contributed by atoms with Gasteiger partial charge in [-0.25, -0.2) is 0 Å². The summed E-state index contributed by atoms with van der Waals surface area (Å²) in [4.78, 5) is 2.47. The number of allylic oxidation sites excluding steroid dienone is 1. The Bertz CT molecular complexity index is 669. The Morgan fingerprint density at radius 1 is 1.00 bits per heavy atom. The number of rotatable bonds is 3. The van der Waals surface area contributed by atoms with E-state index < -0.39 is 0 Å². The Morgan fingerprint density at radius 2 is 1.75 bits per heavy atom. The van der Waals surface area contributed by atoms with Crippen LogP contribution in [0.1, 0.15) is 24.8 Å². The van der Waals surface area contributed by atoms with Gasteiger partial charge in [-0.1, -0.05) is 6.07 Å². The first-order chi connectivity index (χ1) is 11.6. The summed E-state index contributed by atoms with van der Waals surface area (Å²) in [6.45, 7) is 1.13. The highest BCUT2D eigenvalue weighted by molar-refractivity contribution is 8.21. The Balaban J connectivity index is 1.79. The van der Waals surface area contributed by atoms with Gasteiger partial charge in [0.2, 0.25) is 0 Å². The fourth-order valence-electron chi connectivity index (χ4n) is 4.41. The van der Waals surface area contributed by atoms with Crippen molar-refractivity contribution in [3.63, 3.8) is 0 Å². The maximum atomic E-state index is 5.57. The molecule has 1 aliphatic carbocycles. The van der Waals surface area contributed by atoms with E-state index in [1.165, 1.54) is 42.0 Å². The quantitative estimate of drug-likeness (QED) is 0.803. The van der Waals surface area contributed by atoms with E-state index in [0.717, 1.165) is 18.0 Å². The van der Waals surface area contributed by atoms with E-state index >= 15 is 0 Å². The molecule has 3 aliphatic rings. The standard InChI is InChI=1S/C19H25NO2S2/c1-20-9-8-18(14-4-5-15(21-2)16(12-14)22-3)6-7-19(13-17(18)20)23-10-11-24-19/h4-5,12-13H,6-11H2,1-3H3. The van der Waals surface area contributed by atoms with Crippen LogP contribution in [-0.4, -0.2) is 48.3 Å². The lowest BCUT2D eigenvalue weighted by atomic mass is 9.70. The van der Waals surface area contributed by atoms with Crippen LogP contribution in [0.25, 0.3) is 0 Å². The van der Waals surface area contributed by atoms with Crippen LogP contribution in [0.4, 0.5) is 0 Å². The molecule has 0 N–H and O–H groups in total. The summed E-state index contributed by atoms with van der Waals surface area (Å²) >= 11 is 4.28. The predicted molar refractivity (Wildman–Crippen MR) is 103 cm³/mol. The Hall–Kier alpha value is -0.940. The van der Waals surface area contributed by atoms with Crippen LogP contribution >= 0.6 is 23.5 Å². The zero-order valence-electron chi connectivity index (χ0n) is 14.6. The number of hydrogen-bond acceptors (Lipinski definition) is 5. The van der Waals surface area contributed by atoms with Gasteiger partial charge in [-0.2, -0.15) is 0 Å². The summed E-state index contributed by atoms with van der Waals surface area (Å²) in [5.41, 5.74) is 3.03. The van der Waals surface area contributed by atoms with Gasteiger partial charge in [-0.05, 0) is 43.0 Å². The molecule has 1 atom stereocenters. The molecule has 4 rings (SSSR count). The van der Waals surface area contributed by atoms with Crippen molar-refractivity contribution in [3.8, 4) is 11.5 Å². The highest BCUT2D eigenvalue weighted by Gasteiger charge is 2.50. The predicted octanol–water partition coefficient (Wildman–Crippen LogP) is 4.13. The van der Waals surface area contributed by atoms with Crippen LogP contribution in [0.2, 0.25) is 0 Å². The molecule has 1 aromatic carbocycles. The third-order valence-corrected chi connectivity index (χ3v) is 9.15. The zero-order chi connectivity index (χ0) is 16.8. The van der Waals surface area contributed by atoms with Crippen molar-refractivity contribution in [2.45, 2.75) is 28.8 Å². The minimum atomic E-state index is 0.142. The number of ether oxygens (including phenoxy) is 2. The van der Waals surface area contributed by atoms with Crippen molar-refractivity contribution in [1.82, 2.24) is 4.90 Å². The largest absolute Gasteiger partial charge is 0.493 e. The van der Waals surface area contributed by atoms with Crippen LogP contribution in [0.15, 0.2) is 30.0 Å². The maximum absolute atomic E-state index is 5.57. The van der Waals surface area contributed by atoms with Crippen LogP contribution in [0, 0.1) is 0 Å². The molecule has 2 heterocycles. The minimum Gasteiger partial charge on any atom is -0.493 e. The van der Waals surface area contributed by atoms with Crippen molar-refractivity contribution in [3.05, 3.63) is 35.5 Å². The molecule has 1 spiro atoms. The lowest BCUT2D eigenvalue weighted by molar-refractivity contribution is 0.351. The summed E-state index contributed by atoms with van der Waals surface area (Å²) in [5.74, 6) is 4.20. The second-order valence-electron chi connectivity index (χ2n) is 6.86. The highest BCUT2D eigenvalue weighted by atomic mass is 32.2. The average Bonchev–Trinajstić information content (AvgIpc) is 3.21. The molecule has 1 unspecified atom stereocenters. The monoisotopic (exact) mass is 363 g/mol. The maximum Gasteiger partial charge on any atom is 0.161 e. The molecule has 3 nitrogen and oxygen atoms in total. The molecule has 0 saturated carbocycles. The van der Waals surface area contributed by atoms with Gasteiger partial charge < -0.3 is 14.4 Å². The van der Waals surface area contributed by atoms with E-state index in [1.54, 1.807) is 14.2 Å². The van der Waals surface area contributed by atoms with Crippen LogP contribution in [0.3, 0.4) is 0 Å². The van der Waals surface area contributed by atoms with Crippen molar-refractivity contribution >= 4 is 23.5 Å². The van der Waals surface area contributed by atoms with Crippen molar-refractivity contribution in [2.24, 2.45) is 0 Å². The molecule has 0 bridgehead atoms. The number of benzene rings is 1. The van der Waals surface area contributed by atoms with E-state index in [2.05, 4.69) is 59.7 Å². The van der Waals surface area contributed by atoms with Crippen molar-refractivity contribution in [2.75, 3.05) is 39.3 Å². The molecule has 2 aliphatic heterocycles. The normalized spacial score (nSPS) is 28.0. The van der Waals surface area contributed by atoms with E-state index in [1.807, 2.05) is 0 Å². The number of likely N-dealkylation sites (tertiary alicyclic amines) is 1. The van der Waals surface area contributed by atoms with Gasteiger partial charge in [0.05, 0.1) is 18.3 Å². The van der Waals surface area contributed by atoms with E-state index in [0.29, 0.717) is 4.08 Å². The third kappa shape index (κ3) is 2.43. The number of methoxy groups -OCH3 is 2. The Kier molecular flexibility index (Phi) is 4.20. The van der Waals surface area contributed by atoms with Gasteiger partial charge in [0.25, 0.3) is 0 Å². The smallest absolute Gasteiger partial charge is 0.161 e.